The average Bonchev–Trinajstić information content (AvgIpc) is 2.92. The number of benzene rings is 3. The van der Waals surface area contributed by atoms with Crippen molar-refractivity contribution in [2.75, 3.05) is 45.2 Å². The summed E-state index contributed by atoms with van der Waals surface area (Å²) in [7, 11) is 3.97. The van der Waals surface area contributed by atoms with Crippen LogP contribution in [0.1, 0.15) is 27.2 Å². The van der Waals surface area contributed by atoms with Gasteiger partial charge in [-0.2, -0.15) is 9.97 Å². The minimum Gasteiger partial charge on any atom is -0.508 e. The van der Waals surface area contributed by atoms with E-state index in [9.17, 15) is 9.90 Å². The van der Waals surface area contributed by atoms with Crippen molar-refractivity contribution < 1.29 is 19.0 Å². The first-order valence-corrected chi connectivity index (χ1v) is 14.2. The Balaban J connectivity index is 1.68. The summed E-state index contributed by atoms with van der Waals surface area (Å²) in [4.78, 5) is 27.5. The predicted octanol–water partition coefficient (Wildman–Crippen LogP) is 5.72. The van der Waals surface area contributed by atoms with E-state index in [0.29, 0.717) is 36.5 Å². The molecular formula is C31H35ClFN5O3. The number of anilines is 1. The van der Waals surface area contributed by atoms with Crippen LogP contribution in [-0.4, -0.2) is 83.2 Å². The number of phenolic OH excluding ortho intramolecular Hbond substituents is 1. The molecule has 5 rings (SSSR count). The molecule has 2 heterocycles. The zero-order valence-electron chi connectivity index (χ0n) is 24.0. The maximum atomic E-state index is 16.6. The molecule has 1 aromatic heterocycles. The van der Waals surface area contributed by atoms with Crippen LogP contribution in [0.3, 0.4) is 0 Å². The molecular weight excluding hydrogens is 545 g/mol. The van der Waals surface area contributed by atoms with E-state index >= 15 is 4.39 Å². The first-order valence-electron chi connectivity index (χ1n) is 13.8. The lowest BCUT2D eigenvalue weighted by Gasteiger charge is -2.44. The molecule has 1 fully saturated rings. The van der Waals surface area contributed by atoms with Gasteiger partial charge in [-0.15, -0.1) is 0 Å². The van der Waals surface area contributed by atoms with E-state index in [1.54, 1.807) is 19.1 Å². The average molecular weight is 580 g/mol. The number of halogens is 2. The van der Waals surface area contributed by atoms with Crippen molar-refractivity contribution in [1.29, 1.82) is 0 Å². The Kier molecular flexibility index (Phi) is 8.20. The summed E-state index contributed by atoms with van der Waals surface area (Å²) in [5.74, 6) is -0.0892. The Labute approximate surface area is 244 Å². The number of aromatic hydroxyl groups is 1. The molecule has 1 saturated heterocycles. The molecule has 10 heteroatoms. The number of carbonyl (C=O) groups excluding carboxylic acids is 1. The Morgan fingerprint density at radius 2 is 1.88 bits per heavy atom. The number of aromatic nitrogens is 2. The third-order valence-electron chi connectivity index (χ3n) is 7.60. The Morgan fingerprint density at radius 1 is 1.12 bits per heavy atom. The minimum atomic E-state index is -0.617. The number of piperazine rings is 1. The van der Waals surface area contributed by atoms with Crippen molar-refractivity contribution in [3.8, 4) is 22.9 Å². The van der Waals surface area contributed by atoms with Gasteiger partial charge in [0.05, 0.1) is 11.6 Å². The van der Waals surface area contributed by atoms with Gasteiger partial charge in [-0.1, -0.05) is 35.9 Å². The van der Waals surface area contributed by atoms with Crippen molar-refractivity contribution in [3.05, 3.63) is 53.3 Å². The van der Waals surface area contributed by atoms with Crippen molar-refractivity contribution in [2.45, 2.75) is 39.3 Å². The van der Waals surface area contributed by atoms with Crippen LogP contribution in [0.5, 0.6) is 11.8 Å². The Morgan fingerprint density at radius 3 is 2.61 bits per heavy atom. The van der Waals surface area contributed by atoms with Gasteiger partial charge in [-0.25, -0.2) is 4.39 Å². The van der Waals surface area contributed by atoms with Gasteiger partial charge in [0.2, 0.25) is 5.91 Å². The van der Waals surface area contributed by atoms with Crippen molar-refractivity contribution in [3.63, 3.8) is 0 Å². The summed E-state index contributed by atoms with van der Waals surface area (Å²) in [6, 6.07) is 12.2. The molecule has 2 atom stereocenters. The molecule has 0 radical (unpaired) electrons. The summed E-state index contributed by atoms with van der Waals surface area (Å²) < 4.78 is 22.6. The summed E-state index contributed by atoms with van der Waals surface area (Å²) in [5.41, 5.74) is 0.700. The van der Waals surface area contributed by atoms with Gasteiger partial charge in [0.15, 0.2) is 5.82 Å². The first-order chi connectivity index (χ1) is 19.5. The molecule has 0 spiro atoms. The van der Waals surface area contributed by atoms with Crippen LogP contribution >= 0.6 is 11.6 Å². The summed E-state index contributed by atoms with van der Waals surface area (Å²) in [6.07, 6.45) is 0.748. The van der Waals surface area contributed by atoms with Gasteiger partial charge in [-0.3, -0.25) is 4.79 Å². The fourth-order valence-electron chi connectivity index (χ4n) is 5.60. The summed E-state index contributed by atoms with van der Waals surface area (Å²) >= 11 is 6.82. The molecule has 4 aromatic rings. The van der Waals surface area contributed by atoms with Crippen LogP contribution in [0, 0.1) is 5.82 Å². The van der Waals surface area contributed by atoms with Gasteiger partial charge in [0.25, 0.3) is 0 Å². The number of phenols is 1. The van der Waals surface area contributed by atoms with Gasteiger partial charge < -0.3 is 24.5 Å². The number of amides is 1. The highest BCUT2D eigenvalue weighted by Gasteiger charge is 2.33. The summed E-state index contributed by atoms with van der Waals surface area (Å²) in [5, 5.41) is 12.6. The third kappa shape index (κ3) is 5.74. The molecule has 41 heavy (non-hydrogen) atoms. The molecule has 216 valence electrons. The van der Waals surface area contributed by atoms with Gasteiger partial charge >= 0.3 is 6.01 Å². The van der Waals surface area contributed by atoms with Crippen LogP contribution in [-0.2, 0) is 4.79 Å². The van der Waals surface area contributed by atoms with Gasteiger partial charge in [0, 0.05) is 49.6 Å². The van der Waals surface area contributed by atoms with E-state index < -0.39 is 5.82 Å². The quantitative estimate of drug-likeness (QED) is 0.280. The number of hydrogen-bond acceptors (Lipinski definition) is 7. The highest BCUT2D eigenvalue weighted by Crippen LogP contribution is 2.43. The molecule has 1 aliphatic rings. The lowest BCUT2D eigenvalue weighted by Crippen LogP contribution is -2.58. The zero-order chi connectivity index (χ0) is 29.4. The second-order valence-electron chi connectivity index (χ2n) is 11.0. The molecule has 0 bridgehead atoms. The highest BCUT2D eigenvalue weighted by molar-refractivity contribution is 6.35. The second kappa shape index (κ2) is 11.7. The lowest BCUT2D eigenvalue weighted by atomic mass is 9.96. The Bertz CT molecular complexity index is 1610. The maximum Gasteiger partial charge on any atom is 0.319 e. The van der Waals surface area contributed by atoms with Gasteiger partial charge in [-0.05, 0) is 68.9 Å². The smallest absolute Gasteiger partial charge is 0.319 e. The van der Waals surface area contributed by atoms with E-state index in [1.807, 2.05) is 57.1 Å². The van der Waals surface area contributed by atoms with Crippen LogP contribution in [0.4, 0.5) is 10.2 Å². The molecule has 0 unspecified atom stereocenters. The SMILES string of the molecule is CC(=O)N1C[C@H](C)N(c2nc(OCCCN(C)C)nc3c(F)c(-c4cc(O)cc5ccccc45)c(Cl)cc23)C[C@H]1C. The van der Waals surface area contributed by atoms with Crippen molar-refractivity contribution in [1.82, 2.24) is 19.8 Å². The largest absolute Gasteiger partial charge is 0.508 e. The zero-order valence-corrected chi connectivity index (χ0v) is 24.7. The standard InChI is InChI=1S/C31H35ClFN5O3/c1-18-17-38(19(2)16-37(18)20(3)39)30-25-15-26(32)27(24-14-22(40)13-21-9-6-7-10-23(21)24)28(33)29(25)34-31(35-30)41-12-8-11-36(4)5/h6-7,9-10,13-15,18-19,40H,8,11-12,16-17H2,1-5H3/t18-,19+/m1/s1. The minimum absolute atomic E-state index is 0.00806. The normalized spacial score (nSPS) is 17.6. The number of fused-ring (bicyclic) bond motifs is 2. The van der Waals surface area contributed by atoms with E-state index in [0.717, 1.165) is 23.7 Å². The number of ether oxygens (including phenoxy) is 1. The van der Waals surface area contributed by atoms with Crippen LogP contribution < -0.4 is 9.64 Å². The molecule has 0 aliphatic carbocycles. The molecule has 1 N–H and O–H groups in total. The number of carbonyl (C=O) groups is 1. The monoisotopic (exact) mass is 579 g/mol. The number of rotatable bonds is 7. The number of nitrogens with zero attached hydrogens (tertiary/aromatic N) is 5. The van der Waals surface area contributed by atoms with E-state index in [4.69, 9.17) is 21.3 Å². The molecule has 3 aromatic carbocycles. The fraction of sp³-hybridized carbons (Fsp3) is 0.387. The first kappa shape index (κ1) is 28.8. The number of hydrogen-bond donors (Lipinski definition) is 1. The van der Waals surface area contributed by atoms with E-state index in [1.165, 1.54) is 6.07 Å². The third-order valence-corrected chi connectivity index (χ3v) is 7.90. The topological polar surface area (TPSA) is 82.0 Å². The van der Waals surface area contributed by atoms with Crippen molar-refractivity contribution >= 4 is 45.0 Å². The summed E-state index contributed by atoms with van der Waals surface area (Å²) in [6.45, 7) is 7.77. The highest BCUT2D eigenvalue weighted by atomic mass is 35.5. The van der Waals surface area contributed by atoms with Crippen LogP contribution in [0.2, 0.25) is 5.02 Å². The Hall–Kier alpha value is -3.69. The van der Waals surface area contributed by atoms with Crippen LogP contribution in [0.15, 0.2) is 42.5 Å². The lowest BCUT2D eigenvalue weighted by molar-refractivity contribution is -0.131. The molecule has 8 nitrogen and oxygen atoms in total. The second-order valence-corrected chi connectivity index (χ2v) is 11.4. The van der Waals surface area contributed by atoms with E-state index in [-0.39, 0.29) is 45.9 Å². The molecule has 1 aliphatic heterocycles. The molecule has 0 saturated carbocycles. The van der Waals surface area contributed by atoms with E-state index in [2.05, 4.69) is 14.8 Å². The fourth-order valence-corrected chi connectivity index (χ4v) is 5.89. The maximum absolute atomic E-state index is 16.6. The van der Waals surface area contributed by atoms with Crippen LogP contribution in [0.25, 0.3) is 32.8 Å². The molecule has 1 amide bonds. The van der Waals surface area contributed by atoms with Crippen molar-refractivity contribution in [2.24, 2.45) is 0 Å². The van der Waals surface area contributed by atoms with Gasteiger partial charge in [0.1, 0.15) is 17.1 Å². The predicted molar refractivity (Wildman–Crippen MR) is 161 cm³/mol.